The number of imide groups is 1. The second-order valence-corrected chi connectivity index (χ2v) is 6.56. The molecule has 2 amide bonds. The average Bonchev–Trinajstić information content (AvgIpc) is 3.22. The molecule has 0 aliphatic carbocycles. The van der Waals surface area contributed by atoms with Gasteiger partial charge >= 0.3 is 5.97 Å². The van der Waals surface area contributed by atoms with Crippen molar-refractivity contribution in [1.82, 2.24) is 15.1 Å². The fraction of sp³-hybridized carbons (Fsp3) is 0.190. The van der Waals surface area contributed by atoms with E-state index in [9.17, 15) is 14.4 Å². The number of rotatable bonds is 5. The van der Waals surface area contributed by atoms with Gasteiger partial charge in [0.05, 0.1) is 6.42 Å². The van der Waals surface area contributed by atoms with Crippen molar-refractivity contribution in [3.63, 3.8) is 0 Å². The van der Waals surface area contributed by atoms with E-state index in [1.54, 1.807) is 31.2 Å². The van der Waals surface area contributed by atoms with Gasteiger partial charge in [-0.1, -0.05) is 36.4 Å². The van der Waals surface area contributed by atoms with Gasteiger partial charge in [0.15, 0.2) is 6.10 Å². The third-order valence-corrected chi connectivity index (χ3v) is 4.54. The number of hydrogen-bond acceptors (Lipinski definition) is 7. The third kappa shape index (κ3) is 3.77. The molecular weight excluding hydrogens is 374 g/mol. The van der Waals surface area contributed by atoms with Crippen LogP contribution in [0.25, 0.3) is 11.5 Å². The third-order valence-electron chi connectivity index (χ3n) is 4.54. The molecule has 29 heavy (non-hydrogen) atoms. The van der Waals surface area contributed by atoms with Crippen LogP contribution >= 0.6 is 0 Å². The lowest BCUT2D eigenvalue weighted by Gasteiger charge is -2.26. The first-order valence-corrected chi connectivity index (χ1v) is 9.04. The average molecular weight is 391 g/mol. The van der Waals surface area contributed by atoms with E-state index in [0.29, 0.717) is 17.0 Å². The van der Waals surface area contributed by atoms with Gasteiger partial charge in [0.25, 0.3) is 11.8 Å². The highest BCUT2D eigenvalue weighted by molar-refractivity contribution is 6.11. The molecule has 2 aromatic carbocycles. The van der Waals surface area contributed by atoms with Crippen molar-refractivity contribution in [3.05, 3.63) is 71.6 Å². The molecule has 0 bridgehead atoms. The van der Waals surface area contributed by atoms with Crippen LogP contribution in [0, 0.1) is 0 Å². The Hall–Kier alpha value is -3.81. The molecule has 0 unspecified atom stereocenters. The summed E-state index contributed by atoms with van der Waals surface area (Å²) in [6.45, 7) is 1.10. The summed E-state index contributed by atoms with van der Waals surface area (Å²) in [5.74, 6) is -1.26. The zero-order valence-corrected chi connectivity index (χ0v) is 15.6. The Morgan fingerprint density at radius 1 is 1.10 bits per heavy atom. The van der Waals surface area contributed by atoms with Crippen LogP contribution in [0.3, 0.4) is 0 Å². The first-order chi connectivity index (χ1) is 14.0. The molecule has 1 aliphatic rings. The van der Waals surface area contributed by atoms with E-state index in [-0.39, 0.29) is 12.3 Å². The van der Waals surface area contributed by atoms with Crippen molar-refractivity contribution in [2.45, 2.75) is 19.4 Å². The summed E-state index contributed by atoms with van der Waals surface area (Å²) in [6, 6.07) is 16.0. The van der Waals surface area contributed by atoms with Gasteiger partial charge in [0.1, 0.15) is 6.54 Å². The Kier molecular flexibility index (Phi) is 4.90. The van der Waals surface area contributed by atoms with Crippen molar-refractivity contribution in [2.75, 3.05) is 6.54 Å². The van der Waals surface area contributed by atoms with Gasteiger partial charge in [0.2, 0.25) is 11.8 Å². The van der Waals surface area contributed by atoms with E-state index < -0.39 is 30.4 Å². The van der Waals surface area contributed by atoms with Crippen LogP contribution in [-0.4, -0.2) is 39.4 Å². The number of carbonyl (C=O) groups is 3. The summed E-state index contributed by atoms with van der Waals surface area (Å²) in [5, 5.41) is 7.86. The van der Waals surface area contributed by atoms with E-state index in [2.05, 4.69) is 10.2 Å². The first-order valence-electron chi connectivity index (χ1n) is 9.04. The number of carbonyl (C=O) groups excluding carboxylic acids is 3. The van der Waals surface area contributed by atoms with Crippen LogP contribution in [0.15, 0.2) is 59.0 Å². The summed E-state index contributed by atoms with van der Waals surface area (Å²) < 4.78 is 10.9. The number of amides is 2. The number of esters is 1. The van der Waals surface area contributed by atoms with Crippen molar-refractivity contribution in [1.29, 1.82) is 0 Å². The Morgan fingerprint density at radius 2 is 1.83 bits per heavy atom. The summed E-state index contributed by atoms with van der Waals surface area (Å²) in [5.41, 5.74) is 1.81. The van der Waals surface area contributed by atoms with Crippen molar-refractivity contribution < 1.29 is 23.5 Å². The summed E-state index contributed by atoms with van der Waals surface area (Å²) >= 11 is 0. The standard InChI is InChI=1S/C21H17N3O5/c1-13(19-22-23-20(29-19)14-7-3-2-4-8-14)28-18(26)12-24-17(25)11-15-9-5-6-10-16(15)21(24)27/h2-10,13H,11-12H2,1H3/t13-/m0/s1. The normalized spacial score (nSPS) is 14.4. The quantitative estimate of drug-likeness (QED) is 0.486. The second-order valence-electron chi connectivity index (χ2n) is 6.56. The number of benzene rings is 2. The molecule has 4 rings (SSSR count). The first kappa shape index (κ1) is 18.5. The van der Waals surface area contributed by atoms with Crippen LogP contribution < -0.4 is 0 Å². The largest absolute Gasteiger partial charge is 0.451 e. The molecular formula is C21H17N3O5. The van der Waals surface area contributed by atoms with Crippen LogP contribution in [0.1, 0.15) is 34.8 Å². The van der Waals surface area contributed by atoms with E-state index in [1.807, 2.05) is 30.3 Å². The molecule has 8 heteroatoms. The molecule has 3 aromatic rings. The smallest absolute Gasteiger partial charge is 0.326 e. The van der Waals surface area contributed by atoms with Gasteiger partial charge in [-0.25, -0.2) is 0 Å². The van der Waals surface area contributed by atoms with E-state index in [0.717, 1.165) is 10.5 Å². The predicted octanol–water partition coefficient (Wildman–Crippen LogP) is 2.57. The molecule has 1 atom stereocenters. The molecule has 1 aromatic heterocycles. The minimum Gasteiger partial charge on any atom is -0.451 e. The number of aromatic nitrogens is 2. The molecule has 0 N–H and O–H groups in total. The maximum absolute atomic E-state index is 12.5. The van der Waals surface area contributed by atoms with Gasteiger partial charge in [-0.15, -0.1) is 10.2 Å². The monoisotopic (exact) mass is 391 g/mol. The number of fused-ring (bicyclic) bond motifs is 1. The van der Waals surface area contributed by atoms with Crippen LogP contribution in [0.2, 0.25) is 0 Å². The van der Waals surface area contributed by atoms with Crippen molar-refractivity contribution >= 4 is 17.8 Å². The fourth-order valence-electron chi connectivity index (χ4n) is 3.07. The molecule has 2 heterocycles. The van der Waals surface area contributed by atoms with Gasteiger partial charge in [0, 0.05) is 11.1 Å². The van der Waals surface area contributed by atoms with Crippen LogP contribution in [0.5, 0.6) is 0 Å². The number of nitrogens with zero attached hydrogens (tertiary/aromatic N) is 3. The Bertz CT molecular complexity index is 1080. The molecule has 8 nitrogen and oxygen atoms in total. The molecule has 0 radical (unpaired) electrons. The highest BCUT2D eigenvalue weighted by Crippen LogP contribution is 2.23. The summed E-state index contributed by atoms with van der Waals surface area (Å²) in [6.07, 6.45) is -0.760. The Morgan fingerprint density at radius 3 is 2.62 bits per heavy atom. The maximum atomic E-state index is 12.5. The molecule has 0 saturated carbocycles. The number of ether oxygens (including phenoxy) is 1. The lowest BCUT2D eigenvalue weighted by Crippen LogP contribution is -2.45. The highest BCUT2D eigenvalue weighted by atomic mass is 16.6. The molecule has 0 saturated heterocycles. The van der Waals surface area contributed by atoms with Gasteiger partial charge < -0.3 is 9.15 Å². The number of hydrogen-bond donors (Lipinski definition) is 0. The minimum atomic E-state index is -0.824. The van der Waals surface area contributed by atoms with E-state index in [4.69, 9.17) is 9.15 Å². The van der Waals surface area contributed by atoms with E-state index in [1.165, 1.54) is 0 Å². The van der Waals surface area contributed by atoms with E-state index >= 15 is 0 Å². The molecule has 1 aliphatic heterocycles. The fourth-order valence-corrected chi connectivity index (χ4v) is 3.07. The second kappa shape index (κ2) is 7.67. The lowest BCUT2D eigenvalue weighted by atomic mass is 9.98. The molecule has 0 fully saturated rings. The zero-order chi connectivity index (χ0) is 20.4. The SMILES string of the molecule is C[C@H](OC(=O)CN1C(=O)Cc2ccccc2C1=O)c1nnc(-c2ccccc2)o1. The van der Waals surface area contributed by atoms with Crippen LogP contribution in [0.4, 0.5) is 0 Å². The summed E-state index contributed by atoms with van der Waals surface area (Å²) in [4.78, 5) is 38.0. The minimum absolute atomic E-state index is 0.0643. The van der Waals surface area contributed by atoms with Gasteiger partial charge in [-0.05, 0) is 30.7 Å². The Labute approximate surface area is 166 Å². The lowest BCUT2D eigenvalue weighted by molar-refractivity contribution is -0.153. The van der Waals surface area contributed by atoms with Crippen molar-refractivity contribution in [2.24, 2.45) is 0 Å². The van der Waals surface area contributed by atoms with Gasteiger partial charge in [-0.3, -0.25) is 19.3 Å². The zero-order valence-electron chi connectivity index (χ0n) is 15.6. The topological polar surface area (TPSA) is 103 Å². The Balaban J connectivity index is 1.42. The summed E-state index contributed by atoms with van der Waals surface area (Å²) in [7, 11) is 0. The predicted molar refractivity (Wildman–Crippen MR) is 100 cm³/mol. The van der Waals surface area contributed by atoms with Gasteiger partial charge in [-0.2, -0.15) is 0 Å². The molecule has 146 valence electrons. The van der Waals surface area contributed by atoms with Crippen LogP contribution in [-0.2, 0) is 20.7 Å². The highest BCUT2D eigenvalue weighted by Gasteiger charge is 2.33. The maximum Gasteiger partial charge on any atom is 0.326 e. The molecule has 0 spiro atoms. The van der Waals surface area contributed by atoms with Crippen molar-refractivity contribution in [3.8, 4) is 11.5 Å².